The van der Waals surface area contributed by atoms with Crippen LogP contribution in [0.3, 0.4) is 0 Å². The highest BCUT2D eigenvalue weighted by Crippen LogP contribution is 2.25. The first-order chi connectivity index (χ1) is 6.52. The number of hydrogen-bond donors (Lipinski definition) is 0. The Morgan fingerprint density at radius 1 is 1.50 bits per heavy atom. The molecule has 0 aliphatic rings. The van der Waals surface area contributed by atoms with E-state index in [0.717, 1.165) is 5.57 Å². The Kier molecular flexibility index (Phi) is 5.77. The van der Waals surface area contributed by atoms with Crippen LogP contribution in [0.5, 0.6) is 0 Å². The van der Waals surface area contributed by atoms with Gasteiger partial charge in [0.15, 0.2) is 0 Å². The number of aliphatic imine (C=N–C) groups is 1. The van der Waals surface area contributed by atoms with Gasteiger partial charge in [-0.1, -0.05) is 26.5 Å². The van der Waals surface area contributed by atoms with Gasteiger partial charge in [0.2, 0.25) is 0 Å². The Hall–Kier alpha value is -1.18. The Morgan fingerprint density at radius 3 is 2.36 bits per heavy atom. The Morgan fingerprint density at radius 2 is 2.07 bits per heavy atom. The van der Waals surface area contributed by atoms with Crippen LogP contribution in [0.25, 0.3) is 0 Å². The van der Waals surface area contributed by atoms with Gasteiger partial charge in [0.1, 0.15) is 5.78 Å². The van der Waals surface area contributed by atoms with Crippen LogP contribution in [0.15, 0.2) is 29.4 Å². The van der Waals surface area contributed by atoms with Crippen molar-refractivity contribution in [2.24, 2.45) is 16.8 Å². The van der Waals surface area contributed by atoms with E-state index in [9.17, 15) is 4.79 Å². The molecule has 78 valence electrons. The van der Waals surface area contributed by atoms with Crippen molar-refractivity contribution >= 4 is 12.5 Å². The van der Waals surface area contributed by atoms with Crippen molar-refractivity contribution in [1.29, 1.82) is 0 Å². The van der Waals surface area contributed by atoms with E-state index < -0.39 is 0 Å². The summed E-state index contributed by atoms with van der Waals surface area (Å²) in [6.45, 7) is 12.9. The SMILES string of the molecule is C=C/C(=C\N=C)C(CC(C)=O)C(C)C. The van der Waals surface area contributed by atoms with E-state index in [2.05, 4.69) is 32.1 Å². The maximum absolute atomic E-state index is 11.1. The van der Waals surface area contributed by atoms with Crippen molar-refractivity contribution < 1.29 is 4.79 Å². The molecule has 0 radical (unpaired) electrons. The third kappa shape index (κ3) is 4.17. The van der Waals surface area contributed by atoms with Crippen LogP contribution in [0.4, 0.5) is 0 Å². The zero-order valence-corrected chi connectivity index (χ0v) is 9.29. The number of carbonyl (C=O) groups excluding carboxylic acids is 1. The number of allylic oxidation sites excluding steroid dienone is 2. The van der Waals surface area contributed by atoms with Gasteiger partial charge < -0.3 is 4.79 Å². The molecule has 14 heavy (non-hydrogen) atoms. The topological polar surface area (TPSA) is 29.4 Å². The van der Waals surface area contributed by atoms with Gasteiger partial charge in [-0.25, -0.2) is 0 Å². The van der Waals surface area contributed by atoms with Crippen molar-refractivity contribution in [2.45, 2.75) is 27.2 Å². The molecule has 0 spiro atoms. The van der Waals surface area contributed by atoms with Gasteiger partial charge in [0.25, 0.3) is 0 Å². The van der Waals surface area contributed by atoms with Crippen molar-refractivity contribution in [2.75, 3.05) is 0 Å². The molecule has 0 amide bonds. The van der Waals surface area contributed by atoms with Gasteiger partial charge in [-0.15, -0.1) is 0 Å². The third-order valence-corrected chi connectivity index (χ3v) is 2.22. The molecule has 0 aliphatic carbocycles. The second-order valence-corrected chi connectivity index (χ2v) is 3.77. The van der Waals surface area contributed by atoms with Gasteiger partial charge in [-0.05, 0) is 31.1 Å². The fourth-order valence-corrected chi connectivity index (χ4v) is 1.45. The van der Waals surface area contributed by atoms with Crippen LogP contribution in [0.2, 0.25) is 0 Å². The molecule has 0 aliphatic heterocycles. The van der Waals surface area contributed by atoms with Crippen LogP contribution >= 0.6 is 0 Å². The zero-order chi connectivity index (χ0) is 11.1. The molecule has 0 aromatic heterocycles. The average Bonchev–Trinajstić information content (AvgIpc) is 2.10. The molecule has 2 heteroatoms. The van der Waals surface area contributed by atoms with Gasteiger partial charge in [-0.3, -0.25) is 4.99 Å². The van der Waals surface area contributed by atoms with Crippen molar-refractivity contribution in [3.8, 4) is 0 Å². The molecule has 0 fully saturated rings. The number of rotatable bonds is 6. The highest BCUT2D eigenvalue weighted by Gasteiger charge is 2.18. The summed E-state index contributed by atoms with van der Waals surface area (Å²) in [6, 6.07) is 0. The summed E-state index contributed by atoms with van der Waals surface area (Å²) in [7, 11) is 0. The normalized spacial score (nSPS) is 13.9. The summed E-state index contributed by atoms with van der Waals surface area (Å²) in [6.07, 6.45) is 3.98. The summed E-state index contributed by atoms with van der Waals surface area (Å²) in [5.74, 6) is 0.806. The lowest BCUT2D eigenvalue weighted by molar-refractivity contribution is -0.117. The molecule has 0 heterocycles. The monoisotopic (exact) mass is 193 g/mol. The molecule has 0 aromatic rings. The quantitative estimate of drug-likeness (QED) is 0.471. The molecule has 2 nitrogen and oxygen atoms in total. The number of hydrogen-bond acceptors (Lipinski definition) is 2. The summed E-state index contributed by atoms with van der Waals surface area (Å²) in [5, 5.41) is 0. The van der Waals surface area contributed by atoms with E-state index in [0.29, 0.717) is 12.3 Å². The van der Waals surface area contributed by atoms with Gasteiger partial charge in [0, 0.05) is 12.6 Å². The van der Waals surface area contributed by atoms with Crippen LogP contribution < -0.4 is 0 Å². The minimum Gasteiger partial charge on any atom is -0.300 e. The van der Waals surface area contributed by atoms with Crippen LogP contribution in [0, 0.1) is 11.8 Å². The predicted molar refractivity (Wildman–Crippen MR) is 61.5 cm³/mol. The molecule has 1 unspecified atom stereocenters. The van der Waals surface area contributed by atoms with Gasteiger partial charge in [0.05, 0.1) is 0 Å². The minimum atomic E-state index is 0.195. The molecule has 0 N–H and O–H groups in total. The zero-order valence-electron chi connectivity index (χ0n) is 9.29. The van der Waals surface area contributed by atoms with Crippen molar-refractivity contribution in [3.05, 3.63) is 24.4 Å². The van der Waals surface area contributed by atoms with E-state index >= 15 is 0 Å². The smallest absolute Gasteiger partial charge is 0.130 e. The highest BCUT2D eigenvalue weighted by molar-refractivity contribution is 5.76. The lowest BCUT2D eigenvalue weighted by Crippen LogP contribution is -2.14. The van der Waals surface area contributed by atoms with Crippen molar-refractivity contribution in [3.63, 3.8) is 0 Å². The first-order valence-corrected chi connectivity index (χ1v) is 4.80. The molecular weight excluding hydrogens is 174 g/mol. The van der Waals surface area contributed by atoms with Crippen LogP contribution in [-0.2, 0) is 4.79 Å². The van der Waals surface area contributed by atoms with Crippen LogP contribution in [0.1, 0.15) is 27.2 Å². The number of Topliss-reactive ketones (excluding diaryl/α,β-unsaturated/α-hetero) is 1. The summed E-state index contributed by atoms with van der Waals surface area (Å²) >= 11 is 0. The van der Waals surface area contributed by atoms with E-state index in [4.69, 9.17) is 0 Å². The molecular formula is C12H19NO. The van der Waals surface area contributed by atoms with Crippen molar-refractivity contribution in [1.82, 2.24) is 0 Å². The molecule has 0 saturated carbocycles. The largest absolute Gasteiger partial charge is 0.300 e. The van der Waals surface area contributed by atoms with E-state index in [1.165, 1.54) is 0 Å². The Bertz CT molecular complexity index is 251. The average molecular weight is 193 g/mol. The Balaban J connectivity index is 4.77. The number of carbonyl (C=O) groups is 1. The Labute approximate surface area is 86.4 Å². The summed E-state index contributed by atoms with van der Waals surface area (Å²) in [5.41, 5.74) is 0.991. The minimum absolute atomic E-state index is 0.195. The second kappa shape index (κ2) is 6.30. The first-order valence-electron chi connectivity index (χ1n) is 4.80. The number of ketones is 1. The fraction of sp³-hybridized carbons (Fsp3) is 0.500. The molecule has 1 atom stereocenters. The summed E-state index contributed by atoms with van der Waals surface area (Å²) < 4.78 is 0. The first kappa shape index (κ1) is 12.8. The van der Waals surface area contributed by atoms with E-state index in [1.807, 2.05) is 0 Å². The van der Waals surface area contributed by atoms with Gasteiger partial charge in [-0.2, -0.15) is 0 Å². The summed E-state index contributed by atoms with van der Waals surface area (Å²) in [4.78, 5) is 14.8. The predicted octanol–water partition coefficient (Wildman–Crippen LogP) is 3.01. The lowest BCUT2D eigenvalue weighted by atomic mass is 9.84. The standard InChI is InChI=1S/C12H19NO/c1-6-11(8-13-5)12(9(2)3)7-10(4)14/h6,8-9,12H,1,5,7H2,2-4H3/b11-8+. The maximum atomic E-state index is 11.1. The fourth-order valence-electron chi connectivity index (χ4n) is 1.45. The third-order valence-electron chi connectivity index (χ3n) is 2.22. The van der Waals surface area contributed by atoms with Crippen LogP contribution in [-0.4, -0.2) is 12.5 Å². The molecule has 0 aromatic carbocycles. The highest BCUT2D eigenvalue weighted by atomic mass is 16.1. The lowest BCUT2D eigenvalue weighted by Gasteiger charge is -2.20. The molecule has 0 bridgehead atoms. The second-order valence-electron chi connectivity index (χ2n) is 3.77. The van der Waals surface area contributed by atoms with E-state index in [-0.39, 0.29) is 11.7 Å². The van der Waals surface area contributed by atoms with E-state index in [1.54, 1.807) is 19.2 Å². The number of nitrogens with zero attached hydrogens (tertiary/aromatic N) is 1. The maximum Gasteiger partial charge on any atom is 0.130 e. The van der Waals surface area contributed by atoms with Gasteiger partial charge >= 0.3 is 0 Å². The molecule has 0 rings (SSSR count). The molecule has 0 saturated heterocycles.